The Morgan fingerprint density at radius 2 is 0.841 bits per heavy atom. The van der Waals surface area contributed by atoms with E-state index in [9.17, 15) is 19.2 Å². The van der Waals surface area contributed by atoms with E-state index in [-0.39, 0.29) is 34.5 Å². The SMILES string of the molecule is CC(C)(C)c1ccc(N2C(=O)c3ccc(C#Cc4ccc(C#Cc5ccc6c7c(ccc(SC8=NCCS8)c57)C(=O)N(c5ccc(C(C)(C)C)cc5C5=CC=CC5)C6=O)cc4)c4c(SC5=NCCS5)ccc(c34)C2=O)c(C2=CC=CC2)c1. The number of hydrogen-bond donors (Lipinski definition) is 0. The third-order valence-electron chi connectivity index (χ3n) is 15.5. The topological polar surface area (TPSA) is 99.5 Å². The number of allylic oxidation sites excluding steroid dienone is 8. The summed E-state index contributed by atoms with van der Waals surface area (Å²) < 4.78 is 1.88. The van der Waals surface area contributed by atoms with Crippen molar-refractivity contribution in [1.29, 1.82) is 0 Å². The van der Waals surface area contributed by atoms with Crippen molar-refractivity contribution < 1.29 is 19.2 Å². The molecular weight excluding hydrogens is 1090 g/mol. The average Bonchev–Trinajstić information content (AvgIpc) is 2.52. The van der Waals surface area contributed by atoms with Crippen molar-refractivity contribution >= 4 is 123 Å². The van der Waals surface area contributed by atoms with Gasteiger partial charge in [0.15, 0.2) is 0 Å². The van der Waals surface area contributed by atoms with Gasteiger partial charge in [-0.05, 0) is 143 Å². The molecule has 0 bridgehead atoms. The number of imide groups is 2. The van der Waals surface area contributed by atoms with Crippen molar-refractivity contribution in [3.63, 3.8) is 0 Å². The van der Waals surface area contributed by atoms with Gasteiger partial charge in [0.25, 0.3) is 23.6 Å². The number of carbonyl (C=O) groups is 4. The molecule has 0 saturated carbocycles. The van der Waals surface area contributed by atoms with Crippen LogP contribution in [0, 0.1) is 23.7 Å². The molecule has 0 fully saturated rings. The van der Waals surface area contributed by atoms with Crippen LogP contribution in [-0.4, -0.2) is 57.0 Å². The predicted octanol–water partition coefficient (Wildman–Crippen LogP) is 16.1. The van der Waals surface area contributed by atoms with E-state index in [4.69, 9.17) is 9.98 Å². The van der Waals surface area contributed by atoms with Gasteiger partial charge in [-0.1, -0.05) is 161 Å². The molecule has 0 aromatic heterocycles. The van der Waals surface area contributed by atoms with Crippen molar-refractivity contribution in [2.45, 2.75) is 75.0 Å². The number of anilines is 2. The van der Waals surface area contributed by atoms with E-state index in [1.807, 2.05) is 109 Å². The van der Waals surface area contributed by atoms with Crippen LogP contribution in [0.2, 0.25) is 0 Å². The number of thioether (sulfide) groups is 4. The van der Waals surface area contributed by atoms with Gasteiger partial charge in [-0.15, -0.1) is 0 Å². The molecule has 13 rings (SSSR count). The molecular formula is C70H54N4O4S4. The molecule has 402 valence electrons. The van der Waals surface area contributed by atoms with Crippen LogP contribution in [0.5, 0.6) is 0 Å². The van der Waals surface area contributed by atoms with E-state index < -0.39 is 0 Å². The normalized spacial score (nSPS) is 16.4. The first-order chi connectivity index (χ1) is 39.6. The van der Waals surface area contributed by atoms with Crippen LogP contribution >= 0.6 is 47.0 Å². The first kappa shape index (κ1) is 53.5. The predicted molar refractivity (Wildman–Crippen MR) is 344 cm³/mol. The molecule has 4 aliphatic heterocycles. The van der Waals surface area contributed by atoms with Crippen molar-refractivity contribution in [2.24, 2.45) is 9.98 Å². The van der Waals surface area contributed by atoms with Crippen LogP contribution in [0.1, 0.15) is 140 Å². The largest absolute Gasteiger partial charge is 0.271 e. The lowest BCUT2D eigenvalue weighted by Crippen LogP contribution is -2.41. The standard InChI is InChI=1S/C70H54N4O4S4/c1-69(2,3)47-25-31-55(53(39-47)43-11-7-8-12-43)73-63(75)49-27-23-45(59-57(81-67-71-35-37-79-67)33-29-51(61(49)59)65(73)77)21-19-41-15-17-42(18-16-41)20-22-46-24-28-50-62-52(30-34-58(60(46)62)82-68-72-36-38-80-68)66(78)74(64(50)76)56-32-26-48(70(4,5)6)40-54(56)44-13-9-10-14-44/h7-11,13,15-18,23-34,39-40H,12,14,35-38H2,1-6H3. The van der Waals surface area contributed by atoms with Crippen molar-refractivity contribution in [3.8, 4) is 23.7 Å². The number of aliphatic imine (C=N–C) groups is 2. The summed E-state index contributed by atoms with van der Waals surface area (Å²) in [5.41, 5.74) is 11.7. The zero-order chi connectivity index (χ0) is 56.6. The van der Waals surface area contributed by atoms with E-state index in [0.29, 0.717) is 68.4 Å². The molecule has 0 atom stereocenters. The number of hydrogen-bond acceptors (Lipinski definition) is 10. The van der Waals surface area contributed by atoms with E-state index in [0.717, 1.165) is 98.4 Å². The van der Waals surface area contributed by atoms with Crippen LogP contribution in [0.25, 0.3) is 32.7 Å². The molecule has 12 heteroatoms. The van der Waals surface area contributed by atoms with E-state index in [2.05, 4.69) is 102 Å². The Morgan fingerprint density at radius 3 is 1.18 bits per heavy atom. The van der Waals surface area contributed by atoms with Crippen LogP contribution in [0.4, 0.5) is 11.4 Å². The van der Waals surface area contributed by atoms with Crippen LogP contribution in [0.3, 0.4) is 0 Å². The Hall–Kier alpha value is -7.84. The second-order valence-corrected chi connectivity index (χ2v) is 27.6. The van der Waals surface area contributed by atoms with Crippen molar-refractivity contribution in [2.75, 3.05) is 34.4 Å². The smallest absolute Gasteiger partial charge is 0.266 e. The maximum Gasteiger partial charge on any atom is 0.266 e. The van der Waals surface area contributed by atoms with Gasteiger partial charge in [-0.2, -0.15) is 0 Å². The van der Waals surface area contributed by atoms with Gasteiger partial charge in [0.2, 0.25) is 0 Å². The zero-order valence-electron chi connectivity index (χ0n) is 46.2. The lowest BCUT2D eigenvalue weighted by Gasteiger charge is -2.31. The monoisotopic (exact) mass is 1140 g/mol. The first-order valence-corrected chi connectivity index (χ1v) is 31.0. The third-order valence-corrected chi connectivity index (χ3v) is 20.0. The van der Waals surface area contributed by atoms with Crippen molar-refractivity contribution in [3.05, 3.63) is 212 Å². The summed E-state index contributed by atoms with van der Waals surface area (Å²) in [6.45, 7) is 14.5. The fraction of sp³-hybridized carbons (Fsp3) is 0.200. The van der Waals surface area contributed by atoms with E-state index in [1.54, 1.807) is 47.0 Å². The number of amides is 4. The number of benzene rings is 7. The fourth-order valence-electron chi connectivity index (χ4n) is 11.2. The highest BCUT2D eigenvalue weighted by atomic mass is 32.2. The Bertz CT molecular complexity index is 4030. The second-order valence-electron chi connectivity index (χ2n) is 22.8. The zero-order valence-corrected chi connectivity index (χ0v) is 49.4. The van der Waals surface area contributed by atoms with Gasteiger partial charge in [0.05, 0.1) is 24.5 Å². The van der Waals surface area contributed by atoms with Gasteiger partial charge < -0.3 is 0 Å². The second kappa shape index (κ2) is 21.2. The Labute approximate surface area is 494 Å². The lowest BCUT2D eigenvalue weighted by molar-refractivity contribution is 0.0877. The van der Waals surface area contributed by atoms with Gasteiger partial charge in [-0.3, -0.25) is 29.2 Å². The van der Waals surface area contributed by atoms with E-state index >= 15 is 0 Å². The summed E-state index contributed by atoms with van der Waals surface area (Å²) in [5, 5.41) is 2.71. The summed E-state index contributed by atoms with van der Waals surface area (Å²) in [4.78, 5) is 73.5. The van der Waals surface area contributed by atoms with Gasteiger partial charge in [-0.25, -0.2) is 9.80 Å². The highest BCUT2D eigenvalue weighted by Gasteiger charge is 2.39. The fourth-order valence-corrected chi connectivity index (χ4v) is 15.4. The molecule has 8 nitrogen and oxygen atoms in total. The van der Waals surface area contributed by atoms with Gasteiger partial charge >= 0.3 is 0 Å². The molecule has 2 aliphatic carbocycles. The molecule has 0 N–H and O–H groups in total. The molecule has 7 aromatic carbocycles. The molecule has 0 radical (unpaired) electrons. The first-order valence-electron chi connectivity index (χ1n) is 27.4. The highest BCUT2D eigenvalue weighted by molar-refractivity contribution is 8.39. The molecule has 0 unspecified atom stereocenters. The molecule has 6 aliphatic rings. The number of carbonyl (C=O) groups excluding carboxylic acids is 4. The minimum atomic E-state index is -0.370. The molecule has 7 aromatic rings. The third kappa shape index (κ3) is 9.69. The maximum absolute atomic E-state index is 14.9. The minimum absolute atomic E-state index is 0.137. The molecule has 4 heterocycles. The van der Waals surface area contributed by atoms with Gasteiger partial charge in [0, 0.05) is 98.5 Å². The molecule has 4 amide bonds. The Morgan fingerprint density at radius 1 is 0.451 bits per heavy atom. The quantitative estimate of drug-likeness (QED) is 0.120. The summed E-state index contributed by atoms with van der Waals surface area (Å²) in [5.74, 6) is 14.0. The summed E-state index contributed by atoms with van der Waals surface area (Å²) >= 11 is 6.50. The maximum atomic E-state index is 14.9. The molecule has 82 heavy (non-hydrogen) atoms. The Kier molecular flexibility index (Phi) is 13.8. The lowest BCUT2D eigenvalue weighted by atomic mass is 9.84. The number of nitrogens with zero attached hydrogens (tertiary/aromatic N) is 4. The van der Waals surface area contributed by atoms with Crippen LogP contribution in [-0.2, 0) is 10.8 Å². The summed E-state index contributed by atoms with van der Waals surface area (Å²) in [6.07, 6.45) is 13.8. The van der Waals surface area contributed by atoms with Gasteiger partial charge in [0.1, 0.15) is 8.75 Å². The van der Waals surface area contributed by atoms with E-state index in [1.165, 1.54) is 9.80 Å². The summed E-state index contributed by atoms with van der Waals surface area (Å²) in [7, 11) is 0. The van der Waals surface area contributed by atoms with Crippen molar-refractivity contribution in [1.82, 2.24) is 0 Å². The average molecular weight is 1140 g/mol. The molecule has 0 spiro atoms. The minimum Gasteiger partial charge on any atom is -0.271 e. The summed E-state index contributed by atoms with van der Waals surface area (Å²) in [6, 6.07) is 35.0. The molecule has 0 saturated heterocycles. The highest BCUT2D eigenvalue weighted by Crippen LogP contribution is 2.46. The van der Waals surface area contributed by atoms with Crippen LogP contribution in [0.15, 0.2) is 165 Å². The number of rotatable bonds is 6. The van der Waals surface area contributed by atoms with Crippen LogP contribution < -0.4 is 9.80 Å². The Balaban J connectivity index is 0.841.